The van der Waals surface area contributed by atoms with Gasteiger partial charge in [-0.05, 0) is 43.7 Å². The molecule has 1 aromatic carbocycles. The molecule has 0 aliphatic heterocycles. The van der Waals surface area contributed by atoms with E-state index in [0.29, 0.717) is 17.9 Å². The molecule has 3 N–H and O–H groups in total. The van der Waals surface area contributed by atoms with Gasteiger partial charge in [0.15, 0.2) is 0 Å². The highest BCUT2D eigenvalue weighted by atomic mass is 16.3. The summed E-state index contributed by atoms with van der Waals surface area (Å²) in [6.07, 6.45) is 1.47. The Labute approximate surface area is 124 Å². The first-order valence-electron chi connectivity index (χ1n) is 6.84. The molecule has 1 unspecified atom stereocenters. The first-order valence-corrected chi connectivity index (χ1v) is 6.84. The van der Waals surface area contributed by atoms with Gasteiger partial charge in [0, 0.05) is 6.54 Å². The number of hydrogen-bond acceptors (Lipinski definition) is 4. The van der Waals surface area contributed by atoms with Gasteiger partial charge in [-0.1, -0.05) is 12.1 Å². The standard InChI is InChI=1S/C16H19N3O2/c1-3-19(11(2)12-5-4-6-14(20)9-12)16(21)15-8-7-13(17)10-18-15/h4-11,20H,3,17H2,1-2H3. The minimum absolute atomic E-state index is 0.158. The molecule has 5 heteroatoms. The third kappa shape index (κ3) is 3.31. The van der Waals surface area contributed by atoms with Crippen molar-refractivity contribution in [2.45, 2.75) is 19.9 Å². The van der Waals surface area contributed by atoms with E-state index in [0.717, 1.165) is 5.56 Å². The van der Waals surface area contributed by atoms with Crippen LogP contribution in [0.25, 0.3) is 0 Å². The topological polar surface area (TPSA) is 79.5 Å². The molecule has 2 aromatic rings. The van der Waals surface area contributed by atoms with Crippen molar-refractivity contribution in [2.24, 2.45) is 0 Å². The number of hydrogen-bond donors (Lipinski definition) is 2. The van der Waals surface area contributed by atoms with E-state index in [1.807, 2.05) is 19.9 Å². The fourth-order valence-corrected chi connectivity index (χ4v) is 2.24. The maximum atomic E-state index is 12.5. The summed E-state index contributed by atoms with van der Waals surface area (Å²) in [5, 5.41) is 9.57. The smallest absolute Gasteiger partial charge is 0.272 e. The van der Waals surface area contributed by atoms with Gasteiger partial charge >= 0.3 is 0 Å². The quantitative estimate of drug-likeness (QED) is 0.905. The first kappa shape index (κ1) is 14.8. The van der Waals surface area contributed by atoms with Gasteiger partial charge < -0.3 is 15.7 Å². The van der Waals surface area contributed by atoms with E-state index in [9.17, 15) is 9.90 Å². The molecule has 5 nitrogen and oxygen atoms in total. The molecular weight excluding hydrogens is 266 g/mol. The Hall–Kier alpha value is -2.56. The number of carbonyl (C=O) groups is 1. The van der Waals surface area contributed by atoms with E-state index >= 15 is 0 Å². The second kappa shape index (κ2) is 6.26. The Kier molecular flexibility index (Phi) is 4.42. The number of pyridine rings is 1. The first-order chi connectivity index (χ1) is 10.0. The molecule has 2 rings (SSSR count). The number of carbonyl (C=O) groups excluding carboxylic acids is 1. The van der Waals surface area contributed by atoms with Crippen molar-refractivity contribution >= 4 is 11.6 Å². The van der Waals surface area contributed by atoms with E-state index in [1.54, 1.807) is 35.2 Å². The summed E-state index contributed by atoms with van der Waals surface area (Å²) in [7, 11) is 0. The molecule has 21 heavy (non-hydrogen) atoms. The van der Waals surface area contributed by atoms with Gasteiger partial charge in [-0.3, -0.25) is 4.79 Å². The summed E-state index contributed by atoms with van der Waals surface area (Å²) < 4.78 is 0. The summed E-state index contributed by atoms with van der Waals surface area (Å²) in [5.41, 5.74) is 7.35. The van der Waals surface area contributed by atoms with E-state index in [4.69, 9.17) is 5.73 Å². The van der Waals surface area contributed by atoms with Crippen LogP contribution < -0.4 is 5.73 Å². The van der Waals surface area contributed by atoms with E-state index < -0.39 is 0 Å². The lowest BCUT2D eigenvalue weighted by molar-refractivity contribution is 0.0696. The SMILES string of the molecule is CCN(C(=O)c1ccc(N)cn1)C(C)c1cccc(O)c1. The fraction of sp³-hybridized carbons (Fsp3) is 0.250. The van der Waals surface area contributed by atoms with Gasteiger partial charge in [-0.15, -0.1) is 0 Å². The minimum Gasteiger partial charge on any atom is -0.508 e. The summed E-state index contributed by atoms with van der Waals surface area (Å²) >= 11 is 0. The number of rotatable bonds is 4. The summed E-state index contributed by atoms with van der Waals surface area (Å²) in [6, 6.07) is 10.0. The Morgan fingerprint density at radius 3 is 2.71 bits per heavy atom. The van der Waals surface area contributed by atoms with Crippen LogP contribution in [0.2, 0.25) is 0 Å². The van der Waals surface area contributed by atoms with Gasteiger partial charge in [-0.25, -0.2) is 4.98 Å². The molecule has 0 aliphatic rings. The highest BCUT2D eigenvalue weighted by Gasteiger charge is 2.22. The molecule has 0 saturated heterocycles. The van der Waals surface area contributed by atoms with Crippen LogP contribution in [0.5, 0.6) is 5.75 Å². The molecule has 1 atom stereocenters. The van der Waals surface area contributed by atoms with Gasteiger partial charge in [0.25, 0.3) is 5.91 Å². The van der Waals surface area contributed by atoms with Gasteiger partial charge in [-0.2, -0.15) is 0 Å². The number of phenolic OH excluding ortho intramolecular Hbond substituents is 1. The highest BCUT2D eigenvalue weighted by Crippen LogP contribution is 2.24. The molecule has 0 saturated carbocycles. The van der Waals surface area contributed by atoms with Crippen LogP contribution in [-0.2, 0) is 0 Å². The lowest BCUT2D eigenvalue weighted by atomic mass is 10.1. The maximum absolute atomic E-state index is 12.5. The molecule has 1 aromatic heterocycles. The molecular formula is C16H19N3O2. The maximum Gasteiger partial charge on any atom is 0.272 e. The van der Waals surface area contributed by atoms with E-state index in [1.165, 1.54) is 6.20 Å². The van der Waals surface area contributed by atoms with Crippen molar-refractivity contribution in [3.63, 3.8) is 0 Å². The molecule has 1 heterocycles. The molecule has 1 amide bonds. The number of benzene rings is 1. The third-order valence-corrected chi connectivity index (χ3v) is 3.43. The summed E-state index contributed by atoms with van der Waals surface area (Å²) in [5.74, 6) is 0.0294. The Morgan fingerprint density at radius 2 is 2.14 bits per heavy atom. The Balaban J connectivity index is 2.26. The van der Waals surface area contributed by atoms with E-state index in [-0.39, 0.29) is 17.7 Å². The second-order valence-electron chi connectivity index (χ2n) is 4.84. The van der Waals surface area contributed by atoms with Gasteiger partial charge in [0.1, 0.15) is 11.4 Å². The average Bonchev–Trinajstić information content (AvgIpc) is 2.48. The lowest BCUT2D eigenvalue weighted by Gasteiger charge is -2.28. The average molecular weight is 285 g/mol. The van der Waals surface area contributed by atoms with Crippen LogP contribution >= 0.6 is 0 Å². The monoisotopic (exact) mass is 285 g/mol. The normalized spacial score (nSPS) is 11.9. The number of amides is 1. The molecule has 0 radical (unpaired) electrons. The van der Waals surface area contributed by atoms with Crippen molar-refractivity contribution in [3.8, 4) is 5.75 Å². The zero-order valence-corrected chi connectivity index (χ0v) is 12.2. The largest absolute Gasteiger partial charge is 0.508 e. The van der Waals surface area contributed by atoms with Crippen LogP contribution in [0.15, 0.2) is 42.6 Å². The van der Waals surface area contributed by atoms with E-state index in [2.05, 4.69) is 4.98 Å². The number of aromatic nitrogens is 1. The Morgan fingerprint density at radius 1 is 1.38 bits per heavy atom. The van der Waals surface area contributed by atoms with Crippen molar-refractivity contribution in [3.05, 3.63) is 53.9 Å². The minimum atomic E-state index is -0.159. The molecule has 0 spiro atoms. The van der Waals surface area contributed by atoms with Crippen LogP contribution in [0.1, 0.15) is 35.9 Å². The number of nitrogens with two attached hydrogens (primary N) is 1. The second-order valence-corrected chi connectivity index (χ2v) is 4.84. The van der Waals surface area contributed by atoms with Crippen LogP contribution in [-0.4, -0.2) is 27.4 Å². The molecule has 0 bridgehead atoms. The number of nitrogen functional groups attached to an aromatic ring is 1. The van der Waals surface area contributed by atoms with Crippen LogP contribution in [0.4, 0.5) is 5.69 Å². The summed E-state index contributed by atoms with van der Waals surface area (Å²) in [6.45, 7) is 4.38. The van der Waals surface area contributed by atoms with Crippen molar-refractivity contribution in [2.75, 3.05) is 12.3 Å². The number of anilines is 1. The molecule has 0 aliphatic carbocycles. The Bertz CT molecular complexity index is 626. The summed E-state index contributed by atoms with van der Waals surface area (Å²) in [4.78, 5) is 18.3. The molecule has 0 fully saturated rings. The number of aromatic hydroxyl groups is 1. The predicted molar refractivity (Wildman–Crippen MR) is 81.9 cm³/mol. The highest BCUT2D eigenvalue weighted by molar-refractivity contribution is 5.92. The lowest BCUT2D eigenvalue weighted by Crippen LogP contribution is -2.34. The van der Waals surface area contributed by atoms with Crippen LogP contribution in [0, 0.1) is 0 Å². The predicted octanol–water partition coefficient (Wildman–Crippen LogP) is 2.59. The third-order valence-electron chi connectivity index (χ3n) is 3.43. The number of nitrogens with zero attached hydrogens (tertiary/aromatic N) is 2. The van der Waals surface area contributed by atoms with Crippen molar-refractivity contribution in [1.29, 1.82) is 0 Å². The van der Waals surface area contributed by atoms with Gasteiger partial charge in [0.2, 0.25) is 0 Å². The van der Waals surface area contributed by atoms with Crippen LogP contribution in [0.3, 0.4) is 0 Å². The number of phenols is 1. The molecule has 110 valence electrons. The fourth-order valence-electron chi connectivity index (χ4n) is 2.24. The van der Waals surface area contributed by atoms with Crippen molar-refractivity contribution in [1.82, 2.24) is 9.88 Å². The van der Waals surface area contributed by atoms with Gasteiger partial charge in [0.05, 0.1) is 17.9 Å². The zero-order valence-electron chi connectivity index (χ0n) is 12.2. The zero-order chi connectivity index (χ0) is 15.4. The van der Waals surface area contributed by atoms with Crippen molar-refractivity contribution < 1.29 is 9.90 Å².